The highest BCUT2D eigenvalue weighted by Gasteiger charge is 1.99. The van der Waals surface area contributed by atoms with Gasteiger partial charge in [0.25, 0.3) is 0 Å². The number of nitrogens with two attached hydrogens (primary N) is 1. The van der Waals surface area contributed by atoms with Gasteiger partial charge in [0, 0.05) is 6.54 Å². The van der Waals surface area contributed by atoms with Gasteiger partial charge in [0.15, 0.2) is 0 Å². The highest BCUT2D eigenvalue weighted by atomic mass is 16.5. The summed E-state index contributed by atoms with van der Waals surface area (Å²) in [5, 5.41) is 9.16. The molecule has 0 heterocycles. The number of rotatable bonds is 11. The van der Waals surface area contributed by atoms with Gasteiger partial charge in [0.1, 0.15) is 0 Å². The van der Waals surface area contributed by atoms with Gasteiger partial charge in [-0.05, 0) is 6.42 Å². The van der Waals surface area contributed by atoms with Crippen molar-refractivity contribution in [2.24, 2.45) is 5.73 Å². The second-order valence-electron chi connectivity index (χ2n) is 3.15. The molecule has 0 amide bonds. The first-order valence-corrected chi connectivity index (χ1v) is 5.42. The summed E-state index contributed by atoms with van der Waals surface area (Å²) in [6.45, 7) is 5.56. The van der Waals surface area contributed by atoms with Crippen LogP contribution in [0.5, 0.6) is 0 Å². The van der Waals surface area contributed by atoms with Crippen LogP contribution in [-0.2, 0) is 14.2 Å². The van der Waals surface area contributed by atoms with Gasteiger partial charge in [0.2, 0.25) is 0 Å². The van der Waals surface area contributed by atoms with Crippen LogP contribution >= 0.6 is 0 Å². The Morgan fingerprint density at radius 3 is 2.07 bits per heavy atom. The van der Waals surface area contributed by atoms with Crippen LogP contribution in [0.2, 0.25) is 0 Å². The zero-order valence-electron chi connectivity index (χ0n) is 9.48. The Kier molecular flexibility index (Phi) is 11.7. The van der Waals surface area contributed by atoms with Gasteiger partial charge >= 0.3 is 0 Å². The molecule has 0 bridgehead atoms. The average Bonchev–Trinajstić information content (AvgIpc) is 2.26. The lowest BCUT2D eigenvalue weighted by Crippen LogP contribution is -2.17. The second-order valence-corrected chi connectivity index (χ2v) is 3.15. The maximum Gasteiger partial charge on any atom is 0.0771 e. The van der Waals surface area contributed by atoms with Crippen molar-refractivity contribution >= 4 is 0 Å². The monoisotopic (exact) mass is 221 g/mol. The van der Waals surface area contributed by atoms with Crippen molar-refractivity contribution in [3.8, 4) is 0 Å². The molecular weight excluding hydrogens is 198 g/mol. The summed E-state index contributed by atoms with van der Waals surface area (Å²) < 4.78 is 15.5. The number of hydrogen-bond acceptors (Lipinski definition) is 5. The van der Waals surface area contributed by atoms with Gasteiger partial charge in [-0.1, -0.05) is 6.92 Å². The van der Waals surface area contributed by atoms with E-state index >= 15 is 0 Å². The molecule has 92 valence electrons. The zero-order chi connectivity index (χ0) is 11.4. The van der Waals surface area contributed by atoms with E-state index in [1.54, 1.807) is 0 Å². The molecule has 0 unspecified atom stereocenters. The fourth-order valence-corrected chi connectivity index (χ4v) is 0.860. The third kappa shape index (κ3) is 11.7. The molecule has 0 aromatic carbocycles. The molecule has 0 aromatic heterocycles. The van der Waals surface area contributed by atoms with Crippen LogP contribution in [0, 0.1) is 0 Å². The molecule has 0 radical (unpaired) electrons. The first-order chi connectivity index (χ1) is 7.31. The Hall–Kier alpha value is -0.200. The van der Waals surface area contributed by atoms with E-state index in [1.807, 2.05) is 6.92 Å². The minimum atomic E-state index is -0.363. The molecule has 15 heavy (non-hydrogen) atoms. The lowest BCUT2D eigenvalue weighted by atomic mass is 10.3. The van der Waals surface area contributed by atoms with Crippen LogP contribution in [0.4, 0.5) is 0 Å². The zero-order valence-corrected chi connectivity index (χ0v) is 9.48. The Morgan fingerprint density at radius 2 is 1.53 bits per heavy atom. The maximum absolute atomic E-state index is 9.16. The van der Waals surface area contributed by atoms with Crippen LogP contribution in [-0.4, -0.2) is 57.4 Å². The summed E-state index contributed by atoms with van der Waals surface area (Å²) in [6, 6.07) is 0. The molecule has 0 aliphatic carbocycles. The van der Waals surface area contributed by atoms with Crippen LogP contribution in [0.1, 0.15) is 13.3 Å². The first kappa shape index (κ1) is 14.8. The van der Waals surface area contributed by atoms with E-state index < -0.39 is 0 Å². The highest BCUT2D eigenvalue weighted by Crippen LogP contribution is 1.90. The minimum absolute atomic E-state index is 0.363. The van der Waals surface area contributed by atoms with Crippen molar-refractivity contribution in [3.05, 3.63) is 0 Å². The molecule has 5 heteroatoms. The predicted molar refractivity (Wildman–Crippen MR) is 57.8 cm³/mol. The summed E-state index contributed by atoms with van der Waals surface area (Å²) in [4.78, 5) is 0. The summed E-state index contributed by atoms with van der Waals surface area (Å²) >= 11 is 0. The third-order valence-electron chi connectivity index (χ3n) is 1.79. The third-order valence-corrected chi connectivity index (χ3v) is 1.79. The lowest BCUT2D eigenvalue weighted by molar-refractivity contribution is -0.00964. The Balaban J connectivity index is 2.92. The molecule has 0 fully saturated rings. The van der Waals surface area contributed by atoms with E-state index in [0.717, 1.165) is 0 Å². The maximum atomic E-state index is 9.16. The Labute approximate surface area is 91.5 Å². The molecule has 0 saturated carbocycles. The quantitative estimate of drug-likeness (QED) is 0.471. The number of aliphatic hydroxyl groups excluding tert-OH is 1. The summed E-state index contributed by atoms with van der Waals surface area (Å²) in [7, 11) is 0. The smallest absolute Gasteiger partial charge is 0.0771 e. The van der Waals surface area contributed by atoms with Crippen LogP contribution in [0.3, 0.4) is 0 Å². The molecule has 0 aliphatic heterocycles. The predicted octanol–water partition coefficient (Wildman–Crippen LogP) is -0.234. The van der Waals surface area contributed by atoms with Crippen molar-refractivity contribution in [3.63, 3.8) is 0 Å². The van der Waals surface area contributed by atoms with Crippen molar-refractivity contribution in [1.82, 2.24) is 0 Å². The summed E-state index contributed by atoms with van der Waals surface area (Å²) in [5.41, 5.74) is 5.24. The number of ether oxygens (including phenoxy) is 3. The van der Waals surface area contributed by atoms with Crippen molar-refractivity contribution < 1.29 is 19.3 Å². The van der Waals surface area contributed by atoms with E-state index in [-0.39, 0.29) is 6.10 Å². The van der Waals surface area contributed by atoms with E-state index in [4.69, 9.17) is 25.1 Å². The fraction of sp³-hybridized carbons (Fsp3) is 1.00. The summed E-state index contributed by atoms with van der Waals surface area (Å²) in [5.74, 6) is 0. The first-order valence-electron chi connectivity index (χ1n) is 5.42. The van der Waals surface area contributed by atoms with Crippen molar-refractivity contribution in [2.45, 2.75) is 19.4 Å². The normalized spacial score (nSPS) is 13.0. The fourth-order valence-electron chi connectivity index (χ4n) is 0.860. The average molecular weight is 221 g/mol. The molecule has 3 N–H and O–H groups in total. The van der Waals surface area contributed by atoms with Crippen molar-refractivity contribution in [2.75, 3.05) is 46.2 Å². The SMILES string of the molecule is CC[C@H](O)COCCOCCOCCN. The van der Waals surface area contributed by atoms with Gasteiger partial charge < -0.3 is 25.1 Å². The molecule has 0 aliphatic rings. The van der Waals surface area contributed by atoms with Crippen molar-refractivity contribution in [1.29, 1.82) is 0 Å². The number of aliphatic hydroxyl groups is 1. The van der Waals surface area contributed by atoms with E-state index in [9.17, 15) is 0 Å². The van der Waals surface area contributed by atoms with Gasteiger partial charge in [-0.15, -0.1) is 0 Å². The highest BCUT2D eigenvalue weighted by molar-refractivity contribution is 4.47. The van der Waals surface area contributed by atoms with E-state index in [0.29, 0.717) is 52.6 Å². The molecule has 0 spiro atoms. The van der Waals surface area contributed by atoms with Crippen LogP contribution in [0.15, 0.2) is 0 Å². The second kappa shape index (κ2) is 11.9. The summed E-state index contributed by atoms with van der Waals surface area (Å²) in [6.07, 6.45) is 0.353. The largest absolute Gasteiger partial charge is 0.391 e. The van der Waals surface area contributed by atoms with Gasteiger partial charge in [0.05, 0.1) is 45.7 Å². The Bertz CT molecular complexity index is 124. The molecular formula is C10H23NO4. The van der Waals surface area contributed by atoms with Gasteiger partial charge in [-0.3, -0.25) is 0 Å². The molecule has 0 aromatic rings. The molecule has 0 rings (SSSR count). The van der Waals surface area contributed by atoms with E-state index in [1.165, 1.54) is 0 Å². The van der Waals surface area contributed by atoms with Gasteiger partial charge in [-0.2, -0.15) is 0 Å². The minimum Gasteiger partial charge on any atom is -0.391 e. The molecule has 5 nitrogen and oxygen atoms in total. The van der Waals surface area contributed by atoms with Crippen LogP contribution in [0.25, 0.3) is 0 Å². The molecule has 0 saturated heterocycles. The number of hydrogen-bond donors (Lipinski definition) is 2. The lowest BCUT2D eigenvalue weighted by Gasteiger charge is -2.09. The topological polar surface area (TPSA) is 73.9 Å². The Morgan fingerprint density at radius 1 is 1.00 bits per heavy atom. The van der Waals surface area contributed by atoms with E-state index in [2.05, 4.69) is 0 Å². The molecule has 1 atom stereocenters. The standard InChI is InChI=1S/C10H23NO4/c1-2-10(12)9-15-8-7-14-6-5-13-4-3-11/h10,12H,2-9,11H2,1H3/t10-/m0/s1. The van der Waals surface area contributed by atoms with Crippen LogP contribution < -0.4 is 5.73 Å². The van der Waals surface area contributed by atoms with Gasteiger partial charge in [-0.25, -0.2) is 0 Å².